The molecule has 33 heavy (non-hydrogen) atoms. The van der Waals surface area contributed by atoms with Crippen LogP contribution < -0.4 is 0 Å². The number of benzene rings is 2. The van der Waals surface area contributed by atoms with Gasteiger partial charge in [-0.1, -0.05) is 114 Å². The van der Waals surface area contributed by atoms with Crippen molar-refractivity contribution in [1.29, 1.82) is 0 Å². The van der Waals surface area contributed by atoms with Gasteiger partial charge in [0.2, 0.25) is 0 Å². The molecule has 0 heterocycles. The van der Waals surface area contributed by atoms with Gasteiger partial charge in [0.25, 0.3) is 0 Å². The van der Waals surface area contributed by atoms with E-state index in [1.165, 1.54) is 0 Å². The van der Waals surface area contributed by atoms with E-state index < -0.39 is 0 Å². The lowest BCUT2D eigenvalue weighted by molar-refractivity contribution is 0.664. The molecule has 0 unspecified atom stereocenters. The Kier molecular flexibility index (Phi) is 9.43. The first-order valence-electron chi connectivity index (χ1n) is 13.7. The highest BCUT2D eigenvalue weighted by molar-refractivity contribution is 5.56. The van der Waals surface area contributed by atoms with Crippen LogP contribution in [0.3, 0.4) is 0 Å². The van der Waals surface area contributed by atoms with Crippen LogP contribution in [0.25, 0.3) is 0 Å². The Labute approximate surface area is 206 Å². The summed E-state index contributed by atoms with van der Waals surface area (Å²) in [6.07, 6.45) is 1.14. The lowest BCUT2D eigenvalue weighted by Gasteiger charge is -2.34. The van der Waals surface area contributed by atoms with Gasteiger partial charge in [0.1, 0.15) is 0 Å². The summed E-state index contributed by atoms with van der Waals surface area (Å²) in [6, 6.07) is 9.78. The molecule has 0 fully saturated rings. The van der Waals surface area contributed by atoms with E-state index in [0.29, 0.717) is 41.4 Å². The fourth-order valence-electron chi connectivity index (χ4n) is 5.97. The quantitative estimate of drug-likeness (QED) is 0.358. The zero-order chi connectivity index (χ0) is 25.2. The van der Waals surface area contributed by atoms with E-state index >= 15 is 0 Å². The Balaban J connectivity index is 3.11. The molecule has 0 aliphatic rings. The molecule has 0 saturated heterocycles. The van der Waals surface area contributed by atoms with Crippen molar-refractivity contribution in [2.24, 2.45) is 0 Å². The maximum atomic E-state index is 2.46. The average molecular weight is 449 g/mol. The Morgan fingerprint density at radius 2 is 0.636 bits per heavy atom. The Hall–Kier alpha value is -1.56. The van der Waals surface area contributed by atoms with Crippen molar-refractivity contribution in [3.8, 4) is 0 Å². The van der Waals surface area contributed by atoms with Crippen molar-refractivity contribution in [3.05, 3.63) is 68.8 Å². The van der Waals surface area contributed by atoms with E-state index in [1.807, 2.05) is 0 Å². The molecule has 2 aromatic carbocycles. The minimum absolute atomic E-state index is 0.437. The normalized spacial score (nSPS) is 12.6. The van der Waals surface area contributed by atoms with E-state index in [-0.39, 0.29) is 0 Å². The summed E-state index contributed by atoms with van der Waals surface area (Å²) in [5, 5.41) is 0. The molecular formula is C33H52. The molecule has 0 atom stereocenters. The molecule has 0 nitrogen and oxygen atoms in total. The lowest BCUT2D eigenvalue weighted by Crippen LogP contribution is -2.18. The van der Waals surface area contributed by atoms with Gasteiger partial charge in [-0.2, -0.15) is 0 Å². The molecule has 0 spiro atoms. The largest absolute Gasteiger partial charge is 0.0645 e. The van der Waals surface area contributed by atoms with Crippen LogP contribution in [-0.4, -0.2) is 0 Å². The zero-order valence-corrected chi connectivity index (χ0v) is 24.1. The molecule has 0 aromatic heterocycles. The molecular weight excluding hydrogens is 396 g/mol. The van der Waals surface area contributed by atoms with Gasteiger partial charge in [-0.25, -0.2) is 0 Å². The third-order valence-electron chi connectivity index (χ3n) is 7.46. The first kappa shape index (κ1) is 27.7. The highest BCUT2D eigenvalue weighted by atomic mass is 14.3. The minimum atomic E-state index is 0.437. The van der Waals surface area contributed by atoms with Crippen LogP contribution in [0.5, 0.6) is 0 Å². The fraction of sp³-hybridized carbons (Fsp3) is 0.636. The predicted molar refractivity (Wildman–Crippen MR) is 150 cm³/mol. The molecule has 0 aliphatic carbocycles. The van der Waals surface area contributed by atoms with E-state index in [1.54, 1.807) is 44.5 Å². The maximum Gasteiger partial charge on any atom is 0.00982 e. The van der Waals surface area contributed by atoms with Crippen molar-refractivity contribution < 1.29 is 0 Å². The SMILES string of the molecule is CCC(c1c(C(C)C)ccc(C(C)C)c1C(C)C)c1c(C(C)C)ccc(C(C)C)c1C(C)C. The molecule has 2 aromatic rings. The third-order valence-corrected chi connectivity index (χ3v) is 7.46. The Morgan fingerprint density at radius 3 is 0.818 bits per heavy atom. The highest BCUT2D eigenvalue weighted by Gasteiger charge is 2.30. The first-order chi connectivity index (χ1) is 15.3. The first-order valence-corrected chi connectivity index (χ1v) is 13.7. The van der Waals surface area contributed by atoms with Gasteiger partial charge in [-0.15, -0.1) is 0 Å². The smallest absolute Gasteiger partial charge is 0.00982 e. The Bertz CT molecular complexity index is 846. The van der Waals surface area contributed by atoms with E-state index in [4.69, 9.17) is 0 Å². The predicted octanol–water partition coefficient (Wildman–Crippen LogP) is 11.0. The van der Waals surface area contributed by atoms with Crippen LogP contribution >= 0.6 is 0 Å². The highest BCUT2D eigenvalue weighted by Crippen LogP contribution is 2.47. The topological polar surface area (TPSA) is 0 Å². The number of hydrogen-bond donors (Lipinski definition) is 0. The van der Waals surface area contributed by atoms with Gasteiger partial charge in [-0.3, -0.25) is 0 Å². The van der Waals surface area contributed by atoms with E-state index in [2.05, 4.69) is 114 Å². The van der Waals surface area contributed by atoms with E-state index in [0.717, 1.165) is 6.42 Å². The van der Waals surface area contributed by atoms with E-state index in [9.17, 15) is 0 Å². The maximum absolute atomic E-state index is 2.46. The minimum Gasteiger partial charge on any atom is -0.0645 e. The van der Waals surface area contributed by atoms with Crippen LogP contribution in [0.15, 0.2) is 24.3 Å². The molecule has 0 amide bonds. The average Bonchev–Trinajstić information content (AvgIpc) is 2.72. The fourth-order valence-corrected chi connectivity index (χ4v) is 5.97. The van der Waals surface area contributed by atoms with Gasteiger partial charge < -0.3 is 0 Å². The van der Waals surface area contributed by atoms with Crippen molar-refractivity contribution in [2.45, 2.75) is 138 Å². The molecule has 0 N–H and O–H groups in total. The Morgan fingerprint density at radius 1 is 0.394 bits per heavy atom. The monoisotopic (exact) mass is 448 g/mol. The summed E-state index contributed by atoms with van der Waals surface area (Å²) >= 11 is 0. The van der Waals surface area contributed by atoms with Crippen LogP contribution in [0.4, 0.5) is 0 Å². The van der Waals surface area contributed by atoms with Crippen LogP contribution in [-0.2, 0) is 0 Å². The second-order valence-corrected chi connectivity index (χ2v) is 12.0. The van der Waals surface area contributed by atoms with Gasteiger partial charge in [0.15, 0.2) is 0 Å². The number of rotatable bonds is 9. The van der Waals surface area contributed by atoms with Crippen molar-refractivity contribution >= 4 is 0 Å². The molecule has 0 radical (unpaired) electrons. The second-order valence-electron chi connectivity index (χ2n) is 12.0. The number of hydrogen-bond acceptors (Lipinski definition) is 0. The van der Waals surface area contributed by atoms with Crippen molar-refractivity contribution in [2.75, 3.05) is 0 Å². The molecule has 184 valence electrons. The summed E-state index contributed by atoms with van der Waals surface area (Å²) in [4.78, 5) is 0. The summed E-state index contributed by atoms with van der Waals surface area (Å²) < 4.78 is 0. The lowest BCUT2D eigenvalue weighted by atomic mass is 9.70. The second kappa shape index (κ2) is 11.2. The summed E-state index contributed by atoms with van der Waals surface area (Å²) in [6.45, 7) is 31.0. The molecule has 0 saturated carbocycles. The van der Waals surface area contributed by atoms with Crippen LogP contribution in [0.1, 0.15) is 182 Å². The molecule has 0 bridgehead atoms. The van der Waals surface area contributed by atoms with Crippen LogP contribution in [0.2, 0.25) is 0 Å². The van der Waals surface area contributed by atoms with Gasteiger partial charge >= 0.3 is 0 Å². The van der Waals surface area contributed by atoms with Gasteiger partial charge in [-0.05, 0) is 86.4 Å². The van der Waals surface area contributed by atoms with Crippen LogP contribution in [0, 0.1) is 0 Å². The summed E-state index contributed by atoms with van der Waals surface area (Å²) in [5.41, 5.74) is 12.7. The summed E-state index contributed by atoms with van der Waals surface area (Å²) in [7, 11) is 0. The van der Waals surface area contributed by atoms with Crippen molar-refractivity contribution in [1.82, 2.24) is 0 Å². The summed E-state index contributed by atoms with van der Waals surface area (Å²) in [5.74, 6) is 3.59. The molecule has 2 rings (SSSR count). The molecule has 0 aliphatic heterocycles. The zero-order valence-electron chi connectivity index (χ0n) is 24.1. The van der Waals surface area contributed by atoms with Gasteiger partial charge in [0, 0.05) is 5.92 Å². The standard InChI is InChI=1S/C33H52/c1-14-25(32-28(21(6)7)17-15-26(19(2)3)30(32)23(10)11)33-29(22(8)9)18-16-27(20(4)5)31(33)24(12)13/h15-25H,14H2,1-13H3. The van der Waals surface area contributed by atoms with Gasteiger partial charge in [0.05, 0.1) is 0 Å². The third kappa shape index (κ3) is 5.58. The molecule has 0 heteroatoms. The van der Waals surface area contributed by atoms with Crippen molar-refractivity contribution in [3.63, 3.8) is 0 Å².